The van der Waals surface area contributed by atoms with Crippen molar-refractivity contribution in [3.63, 3.8) is 0 Å². The predicted octanol–water partition coefficient (Wildman–Crippen LogP) is 0.330. The van der Waals surface area contributed by atoms with Gasteiger partial charge in [0.05, 0.1) is 6.42 Å². The second-order valence-electron chi connectivity index (χ2n) is 4.29. The van der Waals surface area contributed by atoms with Crippen molar-refractivity contribution in [2.75, 3.05) is 19.6 Å². The van der Waals surface area contributed by atoms with Crippen molar-refractivity contribution in [2.24, 2.45) is 0 Å². The Morgan fingerprint density at radius 3 is 3.24 bits per heavy atom. The highest BCUT2D eigenvalue weighted by molar-refractivity contribution is 5.67. The highest BCUT2D eigenvalue weighted by atomic mass is 16.4. The summed E-state index contributed by atoms with van der Waals surface area (Å²) in [5.41, 5.74) is 1.13. The van der Waals surface area contributed by atoms with E-state index in [1.165, 1.54) is 0 Å². The van der Waals surface area contributed by atoms with Gasteiger partial charge in [0.25, 0.3) is 0 Å². The second kappa shape index (κ2) is 5.75. The molecule has 0 bridgehead atoms. The van der Waals surface area contributed by atoms with Crippen LogP contribution in [0.2, 0.25) is 0 Å². The zero-order valence-corrected chi connectivity index (χ0v) is 9.67. The number of carbonyl (C=O) groups is 1. The van der Waals surface area contributed by atoms with Crippen LogP contribution < -0.4 is 5.32 Å². The van der Waals surface area contributed by atoms with Gasteiger partial charge in [0.2, 0.25) is 0 Å². The van der Waals surface area contributed by atoms with Crippen molar-refractivity contribution in [1.29, 1.82) is 0 Å². The van der Waals surface area contributed by atoms with Gasteiger partial charge in [-0.15, -0.1) is 0 Å². The number of aliphatic carboxylic acids is 1. The summed E-state index contributed by atoms with van der Waals surface area (Å²) in [7, 11) is 0. The van der Waals surface area contributed by atoms with E-state index in [4.69, 9.17) is 5.11 Å². The minimum Gasteiger partial charge on any atom is -0.481 e. The summed E-state index contributed by atoms with van der Waals surface area (Å²) in [6, 6.07) is 4.00. The van der Waals surface area contributed by atoms with Crippen molar-refractivity contribution in [2.45, 2.75) is 19.0 Å². The van der Waals surface area contributed by atoms with Gasteiger partial charge in [0, 0.05) is 44.6 Å². The van der Waals surface area contributed by atoms with Crippen LogP contribution in [0.3, 0.4) is 0 Å². The molecule has 1 saturated heterocycles. The van der Waals surface area contributed by atoms with Gasteiger partial charge in [-0.25, -0.2) is 0 Å². The summed E-state index contributed by atoms with van der Waals surface area (Å²) in [5, 5.41) is 12.1. The lowest BCUT2D eigenvalue weighted by Gasteiger charge is -2.35. The van der Waals surface area contributed by atoms with Crippen molar-refractivity contribution in [3.8, 4) is 0 Å². The number of nitrogens with zero attached hydrogens (tertiary/aromatic N) is 2. The van der Waals surface area contributed by atoms with E-state index in [9.17, 15) is 4.79 Å². The molecule has 1 aromatic rings. The van der Waals surface area contributed by atoms with Gasteiger partial charge in [-0.3, -0.25) is 14.7 Å². The second-order valence-corrected chi connectivity index (χ2v) is 4.29. The van der Waals surface area contributed by atoms with Crippen molar-refractivity contribution >= 4 is 5.97 Å². The maximum Gasteiger partial charge on any atom is 0.304 e. The smallest absolute Gasteiger partial charge is 0.304 e. The van der Waals surface area contributed by atoms with Crippen molar-refractivity contribution in [3.05, 3.63) is 30.1 Å². The minimum atomic E-state index is -0.741. The van der Waals surface area contributed by atoms with E-state index in [1.807, 2.05) is 18.3 Å². The Morgan fingerprint density at radius 1 is 1.65 bits per heavy atom. The van der Waals surface area contributed by atoms with Gasteiger partial charge < -0.3 is 10.4 Å². The van der Waals surface area contributed by atoms with Crippen LogP contribution in [-0.4, -0.2) is 46.6 Å². The molecule has 1 atom stereocenters. The molecule has 1 fully saturated rings. The normalized spacial score (nSPS) is 21.3. The molecule has 0 saturated carbocycles. The lowest BCUT2D eigenvalue weighted by molar-refractivity contribution is -0.138. The summed E-state index contributed by atoms with van der Waals surface area (Å²) in [6.45, 7) is 3.31. The number of nitrogens with one attached hydrogen (secondary N) is 1. The summed E-state index contributed by atoms with van der Waals surface area (Å²) in [5.74, 6) is -0.741. The van der Waals surface area contributed by atoms with Gasteiger partial charge >= 0.3 is 5.97 Å². The topological polar surface area (TPSA) is 65.5 Å². The molecule has 5 nitrogen and oxygen atoms in total. The van der Waals surface area contributed by atoms with Gasteiger partial charge in [-0.1, -0.05) is 6.07 Å². The molecular formula is C12H17N3O2. The Kier molecular flexibility index (Phi) is 4.06. The molecule has 0 aromatic carbocycles. The van der Waals surface area contributed by atoms with Gasteiger partial charge in [-0.2, -0.15) is 0 Å². The zero-order valence-electron chi connectivity index (χ0n) is 9.67. The molecule has 2 N–H and O–H groups in total. The summed E-state index contributed by atoms with van der Waals surface area (Å²) in [6.07, 6.45) is 3.77. The molecule has 0 aliphatic carbocycles. The van der Waals surface area contributed by atoms with E-state index >= 15 is 0 Å². The molecule has 0 radical (unpaired) electrons. The molecule has 0 amide bonds. The lowest BCUT2D eigenvalue weighted by atomic mass is 10.1. The number of carboxylic acid groups (broad SMARTS) is 1. The largest absolute Gasteiger partial charge is 0.481 e. The van der Waals surface area contributed by atoms with Gasteiger partial charge in [0.1, 0.15) is 0 Å². The zero-order chi connectivity index (χ0) is 12.1. The number of aromatic nitrogens is 1. The Labute approximate surface area is 100 Å². The average Bonchev–Trinajstić information content (AvgIpc) is 2.32. The third-order valence-electron chi connectivity index (χ3n) is 2.99. The SMILES string of the molecule is O=C(O)CC1CNCCN1Cc1cccnc1. The number of carboxylic acids is 1. The fourth-order valence-electron chi connectivity index (χ4n) is 2.14. The molecule has 0 spiro atoms. The molecule has 1 aromatic heterocycles. The van der Waals surface area contributed by atoms with E-state index in [2.05, 4.69) is 15.2 Å². The molecule has 1 aliphatic heterocycles. The van der Waals surface area contributed by atoms with Crippen LogP contribution in [0.5, 0.6) is 0 Å². The van der Waals surface area contributed by atoms with E-state index < -0.39 is 5.97 Å². The number of hydrogen-bond acceptors (Lipinski definition) is 4. The van der Waals surface area contributed by atoms with E-state index in [-0.39, 0.29) is 12.5 Å². The summed E-state index contributed by atoms with van der Waals surface area (Å²) >= 11 is 0. The highest BCUT2D eigenvalue weighted by Gasteiger charge is 2.24. The minimum absolute atomic E-state index is 0.0708. The Morgan fingerprint density at radius 2 is 2.53 bits per heavy atom. The van der Waals surface area contributed by atoms with Crippen LogP contribution in [0.1, 0.15) is 12.0 Å². The Hall–Kier alpha value is -1.46. The van der Waals surface area contributed by atoms with Crippen LogP contribution in [0.25, 0.3) is 0 Å². The Bertz CT molecular complexity index is 369. The van der Waals surface area contributed by atoms with E-state index in [0.717, 1.165) is 31.7 Å². The fraction of sp³-hybridized carbons (Fsp3) is 0.500. The molecular weight excluding hydrogens is 218 g/mol. The molecule has 5 heteroatoms. The molecule has 2 rings (SSSR count). The van der Waals surface area contributed by atoms with Crippen LogP contribution in [-0.2, 0) is 11.3 Å². The number of rotatable bonds is 4. The van der Waals surface area contributed by atoms with Gasteiger partial charge in [0.15, 0.2) is 0 Å². The highest BCUT2D eigenvalue weighted by Crippen LogP contribution is 2.12. The first kappa shape index (κ1) is 12.0. The van der Waals surface area contributed by atoms with Crippen LogP contribution in [0, 0.1) is 0 Å². The predicted molar refractivity (Wildman–Crippen MR) is 63.6 cm³/mol. The quantitative estimate of drug-likeness (QED) is 0.787. The lowest BCUT2D eigenvalue weighted by Crippen LogP contribution is -2.51. The maximum atomic E-state index is 10.8. The third kappa shape index (κ3) is 3.51. The molecule has 1 aliphatic rings. The molecule has 2 heterocycles. The number of piperazine rings is 1. The van der Waals surface area contributed by atoms with Crippen LogP contribution >= 0.6 is 0 Å². The molecule has 92 valence electrons. The average molecular weight is 235 g/mol. The fourth-order valence-corrected chi connectivity index (χ4v) is 2.14. The summed E-state index contributed by atoms with van der Waals surface area (Å²) in [4.78, 5) is 17.1. The van der Waals surface area contributed by atoms with Crippen LogP contribution in [0.4, 0.5) is 0 Å². The first-order chi connectivity index (χ1) is 8.25. The molecule has 17 heavy (non-hydrogen) atoms. The first-order valence-electron chi connectivity index (χ1n) is 5.81. The van der Waals surface area contributed by atoms with Crippen molar-refractivity contribution < 1.29 is 9.90 Å². The van der Waals surface area contributed by atoms with E-state index in [1.54, 1.807) is 6.20 Å². The van der Waals surface area contributed by atoms with E-state index in [0.29, 0.717) is 0 Å². The monoisotopic (exact) mass is 235 g/mol. The third-order valence-corrected chi connectivity index (χ3v) is 2.99. The Balaban J connectivity index is 1.99. The maximum absolute atomic E-state index is 10.8. The summed E-state index contributed by atoms with van der Waals surface area (Å²) < 4.78 is 0. The number of hydrogen-bond donors (Lipinski definition) is 2. The van der Waals surface area contributed by atoms with Gasteiger partial charge in [-0.05, 0) is 11.6 Å². The first-order valence-corrected chi connectivity index (χ1v) is 5.81. The van der Waals surface area contributed by atoms with Crippen LogP contribution in [0.15, 0.2) is 24.5 Å². The molecule has 1 unspecified atom stereocenters. The standard InChI is InChI=1S/C12H17N3O2/c16-12(17)6-11-8-14-4-5-15(11)9-10-2-1-3-13-7-10/h1-3,7,11,14H,4-6,8-9H2,(H,16,17). The number of pyridine rings is 1. The van der Waals surface area contributed by atoms with Crippen molar-refractivity contribution in [1.82, 2.24) is 15.2 Å².